The summed E-state index contributed by atoms with van der Waals surface area (Å²) in [4.78, 5) is 11.8. The van der Waals surface area contributed by atoms with E-state index in [0.717, 1.165) is 58.3 Å². The molecular formula is C25H49N3O. The second-order valence-corrected chi connectivity index (χ2v) is 7.93. The van der Waals surface area contributed by atoms with Crippen LogP contribution in [-0.4, -0.2) is 32.1 Å². The standard InChI is InChI=1S/C25H49N3O/c1-2-3-4-5-6-7-8-9-10-11-12-13-14-15-16-20-25(29)28-24-19-23-27-22-18-17-21-26/h6-7,9-10,27H,2-5,8,11-24,26H2,1H3,(H,28,29). The topological polar surface area (TPSA) is 67.2 Å². The molecule has 0 aromatic heterocycles. The Balaban J connectivity index is 3.25. The normalized spacial score (nSPS) is 11.7. The summed E-state index contributed by atoms with van der Waals surface area (Å²) in [7, 11) is 0. The predicted octanol–water partition coefficient (Wildman–Crippen LogP) is 5.63. The third-order valence-electron chi connectivity index (χ3n) is 5.01. The van der Waals surface area contributed by atoms with Gasteiger partial charge in [-0.2, -0.15) is 0 Å². The van der Waals surface area contributed by atoms with Gasteiger partial charge in [0, 0.05) is 13.0 Å². The van der Waals surface area contributed by atoms with Crippen molar-refractivity contribution in [3.05, 3.63) is 24.3 Å². The molecule has 0 rings (SSSR count). The number of carbonyl (C=O) groups is 1. The fraction of sp³-hybridized carbons (Fsp3) is 0.800. The lowest BCUT2D eigenvalue weighted by Crippen LogP contribution is -2.27. The van der Waals surface area contributed by atoms with E-state index in [9.17, 15) is 4.79 Å². The van der Waals surface area contributed by atoms with Gasteiger partial charge in [-0.3, -0.25) is 4.79 Å². The van der Waals surface area contributed by atoms with Gasteiger partial charge in [0.1, 0.15) is 0 Å². The van der Waals surface area contributed by atoms with Gasteiger partial charge in [0.15, 0.2) is 0 Å². The van der Waals surface area contributed by atoms with Gasteiger partial charge in [0.2, 0.25) is 5.91 Å². The van der Waals surface area contributed by atoms with Gasteiger partial charge in [-0.25, -0.2) is 0 Å². The van der Waals surface area contributed by atoms with Crippen LogP contribution in [0.5, 0.6) is 0 Å². The molecule has 4 nitrogen and oxygen atoms in total. The number of nitrogens with two attached hydrogens (primary N) is 1. The molecule has 0 saturated heterocycles. The average molecular weight is 408 g/mol. The molecule has 4 heteroatoms. The van der Waals surface area contributed by atoms with Crippen LogP contribution in [0.2, 0.25) is 0 Å². The molecule has 1 amide bonds. The first kappa shape index (κ1) is 27.9. The summed E-state index contributed by atoms with van der Waals surface area (Å²) < 4.78 is 0. The van der Waals surface area contributed by atoms with E-state index in [2.05, 4.69) is 41.9 Å². The Morgan fingerprint density at radius 3 is 2.10 bits per heavy atom. The number of hydrogen-bond acceptors (Lipinski definition) is 3. The molecule has 0 radical (unpaired) electrons. The molecule has 0 aliphatic heterocycles. The zero-order valence-electron chi connectivity index (χ0n) is 19.2. The van der Waals surface area contributed by atoms with Crippen molar-refractivity contribution in [3.8, 4) is 0 Å². The molecule has 29 heavy (non-hydrogen) atoms. The Labute approximate surface area is 181 Å². The molecule has 0 aromatic carbocycles. The largest absolute Gasteiger partial charge is 0.356 e. The minimum atomic E-state index is 0.207. The van der Waals surface area contributed by atoms with Gasteiger partial charge in [-0.1, -0.05) is 63.3 Å². The first-order chi connectivity index (χ1) is 14.3. The number of unbranched alkanes of at least 4 members (excludes halogenated alkanes) is 9. The highest BCUT2D eigenvalue weighted by atomic mass is 16.1. The number of hydrogen-bond donors (Lipinski definition) is 3. The van der Waals surface area contributed by atoms with Crippen molar-refractivity contribution in [2.24, 2.45) is 5.73 Å². The lowest BCUT2D eigenvalue weighted by Gasteiger charge is -2.06. The van der Waals surface area contributed by atoms with Gasteiger partial charge in [-0.15, -0.1) is 0 Å². The van der Waals surface area contributed by atoms with Crippen molar-refractivity contribution in [3.63, 3.8) is 0 Å². The van der Waals surface area contributed by atoms with E-state index in [1.807, 2.05) is 0 Å². The average Bonchev–Trinajstić information content (AvgIpc) is 2.72. The summed E-state index contributed by atoms with van der Waals surface area (Å²) in [6.45, 7) is 5.79. The first-order valence-corrected chi connectivity index (χ1v) is 12.3. The fourth-order valence-corrected chi connectivity index (χ4v) is 3.15. The van der Waals surface area contributed by atoms with Crippen LogP contribution in [0.15, 0.2) is 24.3 Å². The molecule has 0 saturated carbocycles. The van der Waals surface area contributed by atoms with Crippen LogP contribution in [0.4, 0.5) is 0 Å². The molecule has 170 valence electrons. The monoisotopic (exact) mass is 407 g/mol. The van der Waals surface area contributed by atoms with E-state index in [-0.39, 0.29) is 5.91 Å². The highest BCUT2D eigenvalue weighted by Gasteiger charge is 2.00. The number of amides is 1. The summed E-state index contributed by atoms with van der Waals surface area (Å²) in [6.07, 6.45) is 26.5. The van der Waals surface area contributed by atoms with E-state index >= 15 is 0 Å². The van der Waals surface area contributed by atoms with Gasteiger partial charge >= 0.3 is 0 Å². The summed E-state index contributed by atoms with van der Waals surface area (Å²) >= 11 is 0. The molecule has 4 N–H and O–H groups in total. The summed E-state index contributed by atoms with van der Waals surface area (Å²) in [5.41, 5.74) is 5.46. The van der Waals surface area contributed by atoms with Crippen LogP contribution < -0.4 is 16.4 Å². The van der Waals surface area contributed by atoms with Crippen molar-refractivity contribution in [1.82, 2.24) is 10.6 Å². The lowest BCUT2D eigenvalue weighted by atomic mass is 10.1. The zero-order valence-corrected chi connectivity index (χ0v) is 19.2. The molecule has 0 unspecified atom stereocenters. The number of carbonyl (C=O) groups excluding carboxylic acids is 1. The van der Waals surface area contributed by atoms with Gasteiger partial charge in [0.05, 0.1) is 0 Å². The molecule has 0 aliphatic carbocycles. The molecule has 0 fully saturated rings. The number of allylic oxidation sites excluding steroid dienone is 4. The van der Waals surface area contributed by atoms with E-state index in [1.54, 1.807) is 0 Å². The van der Waals surface area contributed by atoms with Crippen LogP contribution in [0.25, 0.3) is 0 Å². The van der Waals surface area contributed by atoms with Crippen molar-refractivity contribution >= 4 is 5.91 Å². The van der Waals surface area contributed by atoms with Crippen LogP contribution >= 0.6 is 0 Å². The lowest BCUT2D eigenvalue weighted by molar-refractivity contribution is -0.121. The minimum absolute atomic E-state index is 0.207. The van der Waals surface area contributed by atoms with Crippen molar-refractivity contribution in [2.75, 3.05) is 26.2 Å². The summed E-state index contributed by atoms with van der Waals surface area (Å²) in [6, 6.07) is 0. The fourth-order valence-electron chi connectivity index (χ4n) is 3.15. The van der Waals surface area contributed by atoms with Crippen LogP contribution in [0, 0.1) is 0 Å². The molecule has 0 atom stereocenters. The van der Waals surface area contributed by atoms with Crippen molar-refractivity contribution in [1.29, 1.82) is 0 Å². The van der Waals surface area contributed by atoms with Crippen LogP contribution in [-0.2, 0) is 4.79 Å². The smallest absolute Gasteiger partial charge is 0.219 e. The number of rotatable bonds is 22. The maximum absolute atomic E-state index is 11.8. The Kier molecular flexibility index (Phi) is 23.9. The highest BCUT2D eigenvalue weighted by molar-refractivity contribution is 5.75. The van der Waals surface area contributed by atoms with E-state index in [4.69, 9.17) is 5.73 Å². The maximum Gasteiger partial charge on any atom is 0.219 e. The first-order valence-electron chi connectivity index (χ1n) is 12.3. The highest BCUT2D eigenvalue weighted by Crippen LogP contribution is 2.08. The van der Waals surface area contributed by atoms with E-state index in [0.29, 0.717) is 6.42 Å². The zero-order chi connectivity index (χ0) is 21.3. The second kappa shape index (κ2) is 24.9. The van der Waals surface area contributed by atoms with Crippen LogP contribution in [0.1, 0.15) is 103 Å². The molecule has 0 bridgehead atoms. The maximum atomic E-state index is 11.8. The molecule has 0 spiro atoms. The number of nitrogens with one attached hydrogen (secondary N) is 2. The van der Waals surface area contributed by atoms with Crippen LogP contribution in [0.3, 0.4) is 0 Å². The van der Waals surface area contributed by atoms with Gasteiger partial charge < -0.3 is 16.4 Å². The molecule has 0 aromatic rings. The van der Waals surface area contributed by atoms with Crippen molar-refractivity contribution < 1.29 is 4.79 Å². The minimum Gasteiger partial charge on any atom is -0.356 e. The Morgan fingerprint density at radius 2 is 1.38 bits per heavy atom. The Morgan fingerprint density at radius 1 is 0.724 bits per heavy atom. The quantitative estimate of drug-likeness (QED) is 0.161. The SMILES string of the molecule is CCCCCC=CCC=CCCCCCCCC(=O)NCCCNCCCCN. The Hall–Kier alpha value is -1.13. The van der Waals surface area contributed by atoms with E-state index < -0.39 is 0 Å². The third-order valence-corrected chi connectivity index (χ3v) is 5.01. The molecule has 0 aliphatic rings. The van der Waals surface area contributed by atoms with Gasteiger partial charge in [0.25, 0.3) is 0 Å². The summed E-state index contributed by atoms with van der Waals surface area (Å²) in [5, 5.41) is 6.40. The second-order valence-electron chi connectivity index (χ2n) is 7.93. The summed E-state index contributed by atoms with van der Waals surface area (Å²) in [5.74, 6) is 0.207. The molecular weight excluding hydrogens is 358 g/mol. The predicted molar refractivity (Wildman–Crippen MR) is 128 cm³/mol. The molecule has 0 heterocycles. The van der Waals surface area contributed by atoms with E-state index in [1.165, 1.54) is 57.8 Å². The van der Waals surface area contributed by atoms with Gasteiger partial charge in [-0.05, 0) is 77.4 Å². The Bertz CT molecular complexity index is 394. The third kappa shape index (κ3) is 24.8. The van der Waals surface area contributed by atoms with Crippen molar-refractivity contribution in [2.45, 2.75) is 103 Å².